The fraction of sp³-hybridized carbons (Fsp3) is 0.333. The monoisotopic (exact) mass is 292 g/mol. The van der Waals surface area contributed by atoms with Crippen molar-refractivity contribution >= 4 is 31.8 Å². The van der Waals surface area contributed by atoms with Gasteiger partial charge in [0.15, 0.2) is 0 Å². The van der Waals surface area contributed by atoms with E-state index in [1.807, 2.05) is 6.07 Å². The molecule has 0 bridgehead atoms. The molecular weight excluding hydrogens is 280 g/mol. The molecule has 0 atom stereocenters. The average molecular weight is 293 g/mol. The number of para-hydroxylation sites is 1. The molecule has 0 unspecified atom stereocenters. The Bertz CT molecular complexity index is 431. The first-order valence-corrected chi connectivity index (χ1v) is 6.73. The highest BCUT2D eigenvalue weighted by atomic mass is 79.9. The Kier molecular flexibility index (Phi) is 4.12. The van der Waals surface area contributed by atoms with Crippen molar-refractivity contribution in [2.24, 2.45) is 0 Å². The van der Waals surface area contributed by atoms with Gasteiger partial charge in [0, 0.05) is 10.5 Å². The highest BCUT2D eigenvalue weighted by molar-refractivity contribution is 9.10. The van der Waals surface area contributed by atoms with Crippen LogP contribution < -0.4 is 9.44 Å². The van der Waals surface area contributed by atoms with Gasteiger partial charge in [0.05, 0.1) is 5.69 Å². The molecule has 84 valence electrons. The smallest absolute Gasteiger partial charge is 0.270 e. The lowest BCUT2D eigenvalue weighted by molar-refractivity contribution is 0.575. The molecule has 0 fully saturated rings. The Morgan fingerprint density at radius 2 is 1.87 bits per heavy atom. The molecule has 0 saturated carbocycles. The summed E-state index contributed by atoms with van der Waals surface area (Å²) in [5, 5.41) is 0. The molecular formula is C9H13BrN2O2S. The van der Waals surface area contributed by atoms with Crippen LogP contribution in [-0.4, -0.2) is 14.5 Å². The molecule has 6 heteroatoms. The number of anilines is 1. The van der Waals surface area contributed by atoms with Crippen molar-refractivity contribution in [3.63, 3.8) is 0 Å². The van der Waals surface area contributed by atoms with Gasteiger partial charge < -0.3 is 0 Å². The zero-order valence-electron chi connectivity index (χ0n) is 8.49. The van der Waals surface area contributed by atoms with Crippen LogP contribution in [0.15, 0.2) is 28.7 Å². The van der Waals surface area contributed by atoms with E-state index in [9.17, 15) is 8.42 Å². The lowest BCUT2D eigenvalue weighted by Crippen LogP contribution is -2.35. The second kappa shape index (κ2) is 4.96. The standard InChI is InChI=1S/C9H13BrN2O2S/c1-7(2)11-15(13,14)12-9-6-4-3-5-8(9)10/h3-7,11-12H,1-2H3. The second-order valence-electron chi connectivity index (χ2n) is 3.36. The van der Waals surface area contributed by atoms with E-state index in [1.165, 1.54) is 0 Å². The molecule has 1 rings (SSSR count). The van der Waals surface area contributed by atoms with Gasteiger partial charge in [-0.3, -0.25) is 4.72 Å². The van der Waals surface area contributed by atoms with E-state index in [4.69, 9.17) is 0 Å². The molecule has 0 spiro atoms. The maximum absolute atomic E-state index is 11.5. The minimum Gasteiger partial charge on any atom is -0.270 e. The van der Waals surface area contributed by atoms with E-state index in [0.717, 1.165) is 0 Å². The Morgan fingerprint density at radius 3 is 2.40 bits per heavy atom. The minimum absolute atomic E-state index is 0.134. The molecule has 1 aromatic carbocycles. The fourth-order valence-corrected chi connectivity index (χ4v) is 2.69. The lowest BCUT2D eigenvalue weighted by Gasteiger charge is -2.12. The molecule has 0 radical (unpaired) electrons. The molecule has 0 aliphatic heterocycles. The Labute approximate surface area is 98.4 Å². The number of nitrogens with one attached hydrogen (secondary N) is 2. The quantitative estimate of drug-likeness (QED) is 0.893. The number of rotatable bonds is 4. The van der Waals surface area contributed by atoms with Crippen LogP contribution in [0.3, 0.4) is 0 Å². The summed E-state index contributed by atoms with van der Waals surface area (Å²) in [5.74, 6) is 0. The highest BCUT2D eigenvalue weighted by Crippen LogP contribution is 2.21. The molecule has 0 saturated heterocycles. The Hall–Kier alpha value is -0.590. The van der Waals surface area contributed by atoms with Crippen molar-refractivity contribution in [2.45, 2.75) is 19.9 Å². The zero-order valence-corrected chi connectivity index (χ0v) is 10.9. The van der Waals surface area contributed by atoms with E-state index in [-0.39, 0.29) is 6.04 Å². The molecule has 2 N–H and O–H groups in total. The first kappa shape index (κ1) is 12.5. The van der Waals surface area contributed by atoms with Gasteiger partial charge in [-0.1, -0.05) is 12.1 Å². The van der Waals surface area contributed by atoms with E-state index in [1.54, 1.807) is 32.0 Å². The van der Waals surface area contributed by atoms with Crippen LogP contribution in [-0.2, 0) is 10.2 Å². The van der Waals surface area contributed by atoms with Crippen LogP contribution in [0.2, 0.25) is 0 Å². The van der Waals surface area contributed by atoms with Gasteiger partial charge in [-0.25, -0.2) is 0 Å². The molecule has 0 amide bonds. The first-order chi connectivity index (χ1) is 6.91. The van der Waals surface area contributed by atoms with Gasteiger partial charge in [0.2, 0.25) is 0 Å². The van der Waals surface area contributed by atoms with Gasteiger partial charge in [-0.15, -0.1) is 0 Å². The molecule has 0 heterocycles. The molecule has 4 nitrogen and oxygen atoms in total. The van der Waals surface area contributed by atoms with Gasteiger partial charge in [-0.2, -0.15) is 13.1 Å². The van der Waals surface area contributed by atoms with Crippen LogP contribution in [0.5, 0.6) is 0 Å². The fourth-order valence-electron chi connectivity index (χ4n) is 1.03. The topological polar surface area (TPSA) is 58.2 Å². The summed E-state index contributed by atoms with van der Waals surface area (Å²) in [4.78, 5) is 0. The van der Waals surface area contributed by atoms with E-state index in [2.05, 4.69) is 25.4 Å². The van der Waals surface area contributed by atoms with Crippen LogP contribution in [0.4, 0.5) is 5.69 Å². The third-order valence-corrected chi connectivity index (χ3v) is 3.47. The molecule has 0 aliphatic carbocycles. The zero-order chi connectivity index (χ0) is 11.5. The maximum Gasteiger partial charge on any atom is 0.299 e. The molecule has 0 aliphatic rings. The van der Waals surface area contributed by atoms with Crippen molar-refractivity contribution in [2.75, 3.05) is 4.72 Å². The predicted molar refractivity (Wildman–Crippen MR) is 65.0 cm³/mol. The third kappa shape index (κ3) is 4.19. The van der Waals surface area contributed by atoms with Crippen molar-refractivity contribution in [3.05, 3.63) is 28.7 Å². The summed E-state index contributed by atoms with van der Waals surface area (Å²) in [5.41, 5.74) is 0.519. The van der Waals surface area contributed by atoms with Crippen molar-refractivity contribution in [1.29, 1.82) is 0 Å². The summed E-state index contributed by atoms with van der Waals surface area (Å²) >= 11 is 3.26. The minimum atomic E-state index is -3.49. The van der Waals surface area contributed by atoms with E-state index < -0.39 is 10.2 Å². The SMILES string of the molecule is CC(C)NS(=O)(=O)Nc1ccccc1Br. The first-order valence-electron chi connectivity index (χ1n) is 4.45. The van der Waals surface area contributed by atoms with Crippen LogP contribution in [0.1, 0.15) is 13.8 Å². The van der Waals surface area contributed by atoms with E-state index in [0.29, 0.717) is 10.2 Å². The summed E-state index contributed by atoms with van der Waals surface area (Å²) in [7, 11) is -3.49. The summed E-state index contributed by atoms with van der Waals surface area (Å²) in [6, 6.07) is 6.90. The second-order valence-corrected chi connectivity index (χ2v) is 5.66. The van der Waals surface area contributed by atoms with Crippen LogP contribution in [0.25, 0.3) is 0 Å². The number of hydrogen-bond donors (Lipinski definition) is 2. The average Bonchev–Trinajstić information content (AvgIpc) is 2.06. The summed E-state index contributed by atoms with van der Waals surface area (Å²) < 4.78 is 28.6. The molecule has 1 aromatic rings. The molecule has 15 heavy (non-hydrogen) atoms. The van der Waals surface area contributed by atoms with Crippen molar-refractivity contribution in [3.8, 4) is 0 Å². The van der Waals surface area contributed by atoms with E-state index >= 15 is 0 Å². The number of hydrogen-bond acceptors (Lipinski definition) is 2. The summed E-state index contributed by atoms with van der Waals surface area (Å²) in [6.07, 6.45) is 0. The maximum atomic E-state index is 11.5. The normalized spacial score (nSPS) is 11.7. The highest BCUT2D eigenvalue weighted by Gasteiger charge is 2.12. The van der Waals surface area contributed by atoms with Crippen molar-refractivity contribution < 1.29 is 8.42 Å². The lowest BCUT2D eigenvalue weighted by atomic mass is 10.3. The van der Waals surface area contributed by atoms with Gasteiger partial charge in [0.25, 0.3) is 10.2 Å². The van der Waals surface area contributed by atoms with Crippen LogP contribution >= 0.6 is 15.9 Å². The Balaban J connectivity index is 2.83. The third-order valence-electron chi connectivity index (χ3n) is 1.51. The van der Waals surface area contributed by atoms with Crippen molar-refractivity contribution in [1.82, 2.24) is 4.72 Å². The van der Waals surface area contributed by atoms with Gasteiger partial charge in [-0.05, 0) is 41.9 Å². The summed E-state index contributed by atoms with van der Waals surface area (Å²) in [6.45, 7) is 3.53. The Morgan fingerprint density at radius 1 is 1.27 bits per heavy atom. The predicted octanol–water partition coefficient (Wildman–Crippen LogP) is 2.10. The van der Waals surface area contributed by atoms with Gasteiger partial charge in [0.1, 0.15) is 0 Å². The number of halogens is 1. The largest absolute Gasteiger partial charge is 0.299 e. The molecule has 0 aromatic heterocycles. The number of benzene rings is 1. The van der Waals surface area contributed by atoms with Gasteiger partial charge >= 0.3 is 0 Å². The van der Waals surface area contributed by atoms with Crippen LogP contribution in [0, 0.1) is 0 Å².